The standard InChI is InChI=1S/C22H11NO2S3Se/c24-19-13-3-1-2-4-14(13)20(25)15(19)11-12-5-6-18(29-12)23-16-7-9-26-21(16)28-22-17(23)8-10-27-22/h1-11H. The van der Waals surface area contributed by atoms with E-state index in [0.29, 0.717) is 11.1 Å². The van der Waals surface area contributed by atoms with Crippen molar-refractivity contribution < 1.29 is 9.59 Å². The van der Waals surface area contributed by atoms with Crippen LogP contribution >= 0.6 is 34.4 Å². The van der Waals surface area contributed by atoms with Gasteiger partial charge in [0.05, 0.1) is 0 Å². The second-order valence-corrected chi connectivity index (χ2v) is 12.2. The van der Waals surface area contributed by atoms with Gasteiger partial charge < -0.3 is 0 Å². The Labute approximate surface area is 185 Å². The first-order valence-electron chi connectivity index (χ1n) is 8.83. The van der Waals surface area contributed by atoms with Crippen molar-refractivity contribution in [3.63, 3.8) is 0 Å². The normalized spacial score (nSPS) is 14.8. The summed E-state index contributed by atoms with van der Waals surface area (Å²) in [6, 6.07) is 15.6. The fourth-order valence-corrected chi connectivity index (χ4v) is 8.93. The minimum atomic E-state index is -0.162. The number of carbonyl (C=O) groups is 2. The minimum absolute atomic E-state index is 0.0166. The number of thiophene rings is 2. The maximum atomic E-state index is 12.7. The van der Waals surface area contributed by atoms with E-state index in [-0.39, 0.29) is 31.6 Å². The number of Topliss-reactive ketones (excluding diaryl/α,β-unsaturated/α-hetero) is 2. The number of allylic oxidation sites excluding steroid dienone is 1. The number of fused-ring (bicyclic) bond motifs is 3. The van der Waals surface area contributed by atoms with Gasteiger partial charge in [0.1, 0.15) is 0 Å². The second-order valence-electron chi connectivity index (χ2n) is 6.56. The second kappa shape index (κ2) is 6.69. The molecule has 2 aliphatic rings. The zero-order valence-corrected chi connectivity index (χ0v) is 18.9. The van der Waals surface area contributed by atoms with Crippen molar-refractivity contribution >= 4 is 82.5 Å². The Morgan fingerprint density at radius 1 is 0.793 bits per heavy atom. The first-order valence-corrected chi connectivity index (χ1v) is 13.1. The van der Waals surface area contributed by atoms with Gasteiger partial charge >= 0.3 is 186 Å². The quantitative estimate of drug-likeness (QED) is 0.164. The van der Waals surface area contributed by atoms with Gasteiger partial charge in [-0.1, -0.05) is 0 Å². The molecule has 3 nitrogen and oxygen atoms in total. The van der Waals surface area contributed by atoms with Gasteiger partial charge in [0.25, 0.3) is 0 Å². The van der Waals surface area contributed by atoms with Gasteiger partial charge in [-0.3, -0.25) is 0 Å². The molecule has 7 heteroatoms. The molecule has 0 N–H and O–H groups in total. The molecule has 4 aromatic rings. The maximum absolute atomic E-state index is 12.7. The molecule has 29 heavy (non-hydrogen) atoms. The summed E-state index contributed by atoms with van der Waals surface area (Å²) >= 11 is 5.38. The Kier molecular flexibility index (Phi) is 4.08. The van der Waals surface area contributed by atoms with Gasteiger partial charge in [-0.2, -0.15) is 0 Å². The summed E-state index contributed by atoms with van der Waals surface area (Å²) in [7, 11) is 0. The van der Waals surface area contributed by atoms with Crippen LogP contribution in [0.1, 0.15) is 25.2 Å². The number of anilines is 3. The molecule has 0 atom stereocenters. The summed E-state index contributed by atoms with van der Waals surface area (Å²) in [4.78, 5) is 27.7. The molecule has 0 saturated carbocycles. The van der Waals surface area contributed by atoms with Crippen LogP contribution in [0.3, 0.4) is 0 Å². The third-order valence-electron chi connectivity index (χ3n) is 4.91. The van der Waals surface area contributed by atoms with Gasteiger partial charge in [-0.25, -0.2) is 0 Å². The number of nitrogens with zero attached hydrogens (tertiary/aromatic N) is 1. The van der Waals surface area contributed by atoms with Crippen molar-refractivity contribution in [3.05, 3.63) is 80.4 Å². The number of hydrogen-bond acceptors (Lipinski definition) is 6. The Hall–Kier alpha value is -2.15. The topological polar surface area (TPSA) is 37.4 Å². The fourth-order valence-electron chi connectivity index (χ4n) is 3.60. The van der Waals surface area contributed by atoms with E-state index in [1.54, 1.807) is 53.0 Å². The van der Waals surface area contributed by atoms with E-state index >= 15 is 0 Å². The molecule has 0 saturated heterocycles. The average molecular weight is 496 g/mol. The molecule has 0 fully saturated rings. The van der Waals surface area contributed by atoms with Crippen LogP contribution in [0, 0.1) is 0 Å². The van der Waals surface area contributed by atoms with E-state index < -0.39 is 0 Å². The predicted octanol–water partition coefficient (Wildman–Crippen LogP) is 6.26. The molecule has 0 bridgehead atoms. The first kappa shape index (κ1) is 17.7. The summed E-state index contributed by atoms with van der Waals surface area (Å²) in [6.07, 6.45) is 1.80. The average Bonchev–Trinajstić information content (AvgIpc) is 3.51. The molecule has 4 heterocycles. The van der Waals surface area contributed by atoms with Crippen LogP contribution in [0.25, 0.3) is 6.08 Å². The third kappa shape index (κ3) is 2.70. The van der Waals surface area contributed by atoms with Crippen molar-refractivity contribution in [2.45, 2.75) is 8.42 Å². The Morgan fingerprint density at radius 3 is 2.03 bits per heavy atom. The molecule has 0 radical (unpaired) electrons. The van der Waals surface area contributed by atoms with Gasteiger partial charge in [0.2, 0.25) is 0 Å². The summed E-state index contributed by atoms with van der Waals surface area (Å²) in [5.41, 5.74) is 3.77. The Morgan fingerprint density at radius 2 is 1.41 bits per heavy atom. The molecular formula is C22H11NO2S3Se. The van der Waals surface area contributed by atoms with Gasteiger partial charge in [-0.15, -0.1) is 0 Å². The number of rotatable bonds is 2. The third-order valence-corrected chi connectivity index (χ3v) is 10.3. The van der Waals surface area contributed by atoms with Crippen LogP contribution < -0.4 is 4.90 Å². The van der Waals surface area contributed by atoms with Crippen LogP contribution in [-0.4, -0.2) is 26.1 Å². The number of hydrogen-bond donors (Lipinski definition) is 0. The molecular weight excluding hydrogens is 485 g/mol. The summed E-state index contributed by atoms with van der Waals surface area (Å²) in [5.74, 6) is -0.323. The van der Waals surface area contributed by atoms with E-state index in [2.05, 4.69) is 33.9 Å². The molecule has 0 spiro atoms. The molecule has 0 unspecified atom stereocenters. The predicted molar refractivity (Wildman–Crippen MR) is 121 cm³/mol. The van der Waals surface area contributed by atoms with Crippen LogP contribution in [0.2, 0.25) is 0 Å². The molecule has 0 amide bonds. The summed E-state index contributed by atoms with van der Waals surface area (Å²) in [5, 5.41) is 4.26. The van der Waals surface area contributed by atoms with E-state index in [0.717, 1.165) is 4.44 Å². The van der Waals surface area contributed by atoms with Gasteiger partial charge in [0, 0.05) is 0 Å². The number of carbonyl (C=O) groups excluding carboxylic acids is 2. The Balaban J connectivity index is 1.41. The molecule has 140 valence electrons. The summed E-state index contributed by atoms with van der Waals surface area (Å²) < 4.78 is 4.88. The van der Waals surface area contributed by atoms with Crippen molar-refractivity contribution in [1.29, 1.82) is 0 Å². The van der Waals surface area contributed by atoms with E-state index in [1.165, 1.54) is 24.4 Å². The van der Waals surface area contributed by atoms with Crippen molar-refractivity contribution in [2.24, 2.45) is 0 Å². The molecule has 1 aromatic carbocycles. The van der Waals surface area contributed by atoms with Crippen molar-refractivity contribution in [2.75, 3.05) is 4.90 Å². The van der Waals surface area contributed by atoms with E-state index in [9.17, 15) is 9.59 Å². The molecule has 6 rings (SSSR count). The number of ketones is 2. The van der Waals surface area contributed by atoms with Crippen LogP contribution in [-0.2, 0) is 0 Å². The van der Waals surface area contributed by atoms with E-state index in [4.69, 9.17) is 0 Å². The van der Waals surface area contributed by atoms with Crippen molar-refractivity contribution in [3.8, 4) is 0 Å². The molecule has 1 aliphatic carbocycles. The zero-order chi connectivity index (χ0) is 19.5. The van der Waals surface area contributed by atoms with Crippen molar-refractivity contribution in [1.82, 2.24) is 0 Å². The zero-order valence-electron chi connectivity index (χ0n) is 14.7. The van der Waals surface area contributed by atoms with Gasteiger partial charge in [0.15, 0.2) is 0 Å². The summed E-state index contributed by atoms with van der Waals surface area (Å²) in [6.45, 7) is 0. The van der Waals surface area contributed by atoms with Crippen LogP contribution in [0.15, 0.2) is 73.3 Å². The SMILES string of the molecule is O=C1C(=Cc2ccc(N3c4ccsc4Sc4sccc43)[se]2)C(=O)c2ccccc21. The monoisotopic (exact) mass is 497 g/mol. The van der Waals surface area contributed by atoms with E-state index in [1.807, 2.05) is 17.8 Å². The fraction of sp³-hybridized carbons (Fsp3) is 0. The van der Waals surface area contributed by atoms with Gasteiger partial charge in [-0.05, 0) is 0 Å². The Bertz CT molecular complexity index is 1270. The van der Waals surface area contributed by atoms with Crippen LogP contribution in [0.5, 0.6) is 0 Å². The number of benzene rings is 1. The molecule has 3 aromatic heterocycles. The first-order chi connectivity index (χ1) is 14.2. The van der Waals surface area contributed by atoms with Crippen LogP contribution in [0.4, 0.5) is 15.9 Å². The molecule has 1 aliphatic heterocycles.